The van der Waals surface area contributed by atoms with E-state index in [-0.39, 0.29) is 10.6 Å². The smallest absolute Gasteiger partial charge is 0.292 e. The molecule has 0 amide bonds. The molecule has 1 aliphatic heterocycles. The lowest BCUT2D eigenvalue weighted by Gasteiger charge is -2.41. The molecule has 0 radical (unpaired) electrons. The Morgan fingerprint density at radius 3 is 2.52 bits per heavy atom. The van der Waals surface area contributed by atoms with Crippen LogP contribution in [-0.2, 0) is 4.74 Å². The molecule has 6 nitrogen and oxygen atoms in total. The summed E-state index contributed by atoms with van der Waals surface area (Å²) in [4.78, 5) is 13.6. The van der Waals surface area contributed by atoms with Crippen molar-refractivity contribution in [3.05, 3.63) is 33.9 Å². The first-order valence-corrected chi connectivity index (χ1v) is 10.4. The number of ether oxygens (including phenoxy) is 1. The third kappa shape index (κ3) is 5.42. The number of nitrogens with one attached hydrogen (secondary N) is 1. The van der Waals surface area contributed by atoms with Crippen molar-refractivity contribution in [1.82, 2.24) is 4.90 Å². The van der Waals surface area contributed by atoms with E-state index in [9.17, 15) is 10.1 Å². The van der Waals surface area contributed by atoms with Gasteiger partial charge in [-0.3, -0.25) is 10.1 Å². The zero-order valence-corrected chi connectivity index (χ0v) is 16.7. The number of rotatable bonds is 7. The second-order valence-electron chi connectivity index (χ2n) is 8.03. The minimum Gasteiger partial charge on any atom is -0.378 e. The fourth-order valence-electron chi connectivity index (χ4n) is 4.42. The van der Waals surface area contributed by atoms with Crippen LogP contribution in [0.15, 0.2) is 18.2 Å². The van der Waals surface area contributed by atoms with Crippen molar-refractivity contribution in [2.45, 2.75) is 77.0 Å². The maximum atomic E-state index is 11.3. The second kappa shape index (κ2) is 9.51. The van der Waals surface area contributed by atoms with E-state index in [0.29, 0.717) is 23.9 Å². The Bertz CT molecular complexity index is 621. The molecule has 1 heterocycles. The van der Waals surface area contributed by atoms with Crippen molar-refractivity contribution < 1.29 is 9.66 Å². The lowest BCUT2D eigenvalue weighted by atomic mass is 9.90. The molecule has 1 aromatic carbocycles. The Morgan fingerprint density at radius 2 is 1.89 bits per heavy atom. The first kappa shape index (κ1) is 20.1. The van der Waals surface area contributed by atoms with Crippen LogP contribution in [-0.4, -0.2) is 47.7 Å². The van der Waals surface area contributed by atoms with Gasteiger partial charge in [-0.25, -0.2) is 0 Å². The molecule has 3 rings (SSSR count). The summed E-state index contributed by atoms with van der Waals surface area (Å²) in [6, 6.07) is 6.28. The van der Waals surface area contributed by atoms with Gasteiger partial charge < -0.3 is 15.0 Å². The Kier molecular flexibility index (Phi) is 7.07. The van der Waals surface area contributed by atoms with Crippen LogP contribution in [0.2, 0.25) is 0 Å². The van der Waals surface area contributed by atoms with Crippen LogP contribution < -0.4 is 5.32 Å². The van der Waals surface area contributed by atoms with Crippen molar-refractivity contribution in [1.29, 1.82) is 0 Å². The van der Waals surface area contributed by atoms with Gasteiger partial charge in [0, 0.05) is 37.8 Å². The van der Waals surface area contributed by atoms with E-state index in [1.54, 1.807) is 12.1 Å². The summed E-state index contributed by atoms with van der Waals surface area (Å²) in [5, 5.41) is 14.7. The fourth-order valence-corrected chi connectivity index (χ4v) is 4.42. The molecule has 1 saturated carbocycles. The number of likely N-dealkylation sites (tertiary alicyclic amines) is 1. The maximum absolute atomic E-state index is 11.3. The molecule has 0 unspecified atom stereocenters. The Balaban J connectivity index is 1.47. The molecular formula is C21H33N3O3. The van der Waals surface area contributed by atoms with Crippen LogP contribution >= 0.6 is 0 Å². The summed E-state index contributed by atoms with van der Waals surface area (Å²) < 4.78 is 5.91. The quantitative estimate of drug-likeness (QED) is 0.561. The molecule has 1 aliphatic carbocycles. The van der Waals surface area contributed by atoms with E-state index in [2.05, 4.69) is 17.1 Å². The highest BCUT2D eigenvalue weighted by Crippen LogP contribution is 2.30. The number of hydrogen-bond acceptors (Lipinski definition) is 5. The molecule has 1 saturated heterocycles. The first-order chi connectivity index (χ1) is 13.1. The molecule has 27 heavy (non-hydrogen) atoms. The van der Waals surface area contributed by atoms with Gasteiger partial charge >= 0.3 is 0 Å². The highest BCUT2D eigenvalue weighted by Gasteiger charge is 2.29. The van der Waals surface area contributed by atoms with Crippen molar-refractivity contribution in [3.8, 4) is 0 Å². The minimum atomic E-state index is -0.296. The highest BCUT2D eigenvalue weighted by molar-refractivity contribution is 5.63. The predicted octanol–water partition coefficient (Wildman–Crippen LogP) is 4.52. The lowest BCUT2D eigenvalue weighted by molar-refractivity contribution is -0.384. The summed E-state index contributed by atoms with van der Waals surface area (Å²) in [6.45, 7) is 7.16. The van der Waals surface area contributed by atoms with Gasteiger partial charge in [-0.05, 0) is 63.5 Å². The third-order valence-electron chi connectivity index (χ3n) is 5.96. The first-order valence-electron chi connectivity index (χ1n) is 10.4. The predicted molar refractivity (Wildman–Crippen MR) is 108 cm³/mol. The van der Waals surface area contributed by atoms with E-state index in [1.165, 1.54) is 25.7 Å². The van der Waals surface area contributed by atoms with E-state index < -0.39 is 0 Å². The number of nitrogens with zero attached hydrogens (tertiary/aromatic N) is 2. The number of nitro groups is 1. The number of benzene rings is 1. The van der Waals surface area contributed by atoms with E-state index >= 15 is 0 Å². The second-order valence-corrected chi connectivity index (χ2v) is 8.03. The highest BCUT2D eigenvalue weighted by atomic mass is 16.6. The Labute approximate surface area is 162 Å². The van der Waals surface area contributed by atoms with Gasteiger partial charge in [0.15, 0.2) is 0 Å². The summed E-state index contributed by atoms with van der Waals surface area (Å²) in [5.74, 6) is 0. The Morgan fingerprint density at radius 1 is 1.19 bits per heavy atom. The van der Waals surface area contributed by atoms with Crippen LogP contribution in [0.4, 0.5) is 11.4 Å². The van der Waals surface area contributed by atoms with E-state index in [0.717, 1.165) is 44.5 Å². The number of anilines is 1. The number of piperidine rings is 1. The number of nitro benzene ring substituents is 1. The largest absolute Gasteiger partial charge is 0.378 e. The van der Waals surface area contributed by atoms with Gasteiger partial charge in [0.25, 0.3) is 5.69 Å². The van der Waals surface area contributed by atoms with Gasteiger partial charge in [0.1, 0.15) is 5.69 Å². The van der Waals surface area contributed by atoms with Gasteiger partial charge in [-0.2, -0.15) is 0 Å². The topological polar surface area (TPSA) is 67.6 Å². The van der Waals surface area contributed by atoms with E-state index in [1.807, 2.05) is 13.0 Å². The van der Waals surface area contributed by atoms with Crippen molar-refractivity contribution >= 4 is 11.4 Å². The average Bonchev–Trinajstić information content (AvgIpc) is 2.67. The molecule has 0 spiro atoms. The SMILES string of the molecule is CCCO[C@H]1CC[C@H](N2CCC(Nc3cc(C)ccc3[N+](=O)[O-])CC2)CC1. The summed E-state index contributed by atoms with van der Waals surface area (Å²) >= 11 is 0. The van der Waals surface area contributed by atoms with Crippen LogP contribution in [0.3, 0.4) is 0 Å². The monoisotopic (exact) mass is 375 g/mol. The summed E-state index contributed by atoms with van der Waals surface area (Å²) in [7, 11) is 0. The molecule has 150 valence electrons. The molecule has 6 heteroatoms. The van der Waals surface area contributed by atoms with Gasteiger partial charge in [-0.1, -0.05) is 13.0 Å². The van der Waals surface area contributed by atoms with Gasteiger partial charge in [-0.15, -0.1) is 0 Å². The summed E-state index contributed by atoms with van der Waals surface area (Å²) in [5.41, 5.74) is 1.88. The standard InChI is InChI=1S/C21H33N3O3/c1-3-14-27-19-7-5-18(6-8-19)23-12-10-17(11-13-23)22-20-15-16(2)4-9-21(20)24(25)26/h4,9,15,17-19,22H,3,5-8,10-14H2,1-2H3/t18-,19-. The maximum Gasteiger partial charge on any atom is 0.292 e. The van der Waals surface area contributed by atoms with Crippen LogP contribution in [0.1, 0.15) is 57.4 Å². The molecular weight excluding hydrogens is 342 g/mol. The number of aryl methyl sites for hydroxylation is 1. The molecule has 0 atom stereocenters. The Hall–Kier alpha value is -1.66. The number of hydrogen-bond donors (Lipinski definition) is 1. The molecule has 1 N–H and O–H groups in total. The van der Waals surface area contributed by atoms with Crippen molar-refractivity contribution in [3.63, 3.8) is 0 Å². The van der Waals surface area contributed by atoms with Crippen molar-refractivity contribution in [2.24, 2.45) is 0 Å². The zero-order chi connectivity index (χ0) is 19.2. The van der Waals surface area contributed by atoms with Gasteiger partial charge in [0.05, 0.1) is 11.0 Å². The van der Waals surface area contributed by atoms with Crippen LogP contribution in [0.25, 0.3) is 0 Å². The zero-order valence-electron chi connectivity index (χ0n) is 16.7. The van der Waals surface area contributed by atoms with E-state index in [4.69, 9.17) is 4.74 Å². The van der Waals surface area contributed by atoms with Crippen molar-refractivity contribution in [2.75, 3.05) is 25.0 Å². The van der Waals surface area contributed by atoms with Crippen LogP contribution in [0.5, 0.6) is 0 Å². The molecule has 2 aliphatic rings. The van der Waals surface area contributed by atoms with Crippen LogP contribution in [0, 0.1) is 17.0 Å². The average molecular weight is 376 g/mol. The van der Waals surface area contributed by atoms with Gasteiger partial charge in [0.2, 0.25) is 0 Å². The lowest BCUT2D eigenvalue weighted by Crippen LogP contribution is -2.46. The summed E-state index contributed by atoms with van der Waals surface area (Å²) in [6.07, 6.45) is 8.46. The minimum absolute atomic E-state index is 0.174. The normalized spacial score (nSPS) is 24.7. The molecule has 1 aromatic rings. The fraction of sp³-hybridized carbons (Fsp3) is 0.714. The third-order valence-corrected chi connectivity index (χ3v) is 5.96. The molecule has 0 aromatic heterocycles. The molecule has 2 fully saturated rings. The molecule has 0 bridgehead atoms.